The monoisotopic (exact) mass is 239 g/mol. The van der Waals surface area contributed by atoms with Crippen molar-refractivity contribution >= 4 is 17.7 Å². The molecule has 2 atom stereocenters. The number of aliphatic carboxylic acids is 1. The molecule has 1 aromatic rings. The molecule has 2 unspecified atom stereocenters. The highest BCUT2D eigenvalue weighted by Crippen LogP contribution is 2.28. The molecule has 1 aromatic carbocycles. The van der Waals surface area contributed by atoms with Crippen molar-refractivity contribution in [2.24, 2.45) is 0 Å². The third-order valence-corrected chi connectivity index (χ3v) is 2.63. The first-order chi connectivity index (χ1) is 8.02. The smallest absolute Gasteiger partial charge is 0.415 e. The Bertz CT molecular complexity index is 476. The minimum atomic E-state index is -1.28. The van der Waals surface area contributed by atoms with Crippen molar-refractivity contribution in [1.29, 1.82) is 0 Å². The number of amides is 1. The van der Waals surface area contributed by atoms with E-state index in [2.05, 4.69) is 4.74 Å². The molecule has 6 heteroatoms. The number of rotatable bonds is 2. The Balaban J connectivity index is 2.37. The van der Waals surface area contributed by atoms with E-state index in [1.54, 1.807) is 6.07 Å². The number of ether oxygens (including phenoxy) is 1. The molecule has 1 fully saturated rings. The van der Waals surface area contributed by atoms with Crippen LogP contribution < -0.4 is 4.90 Å². The van der Waals surface area contributed by atoms with Gasteiger partial charge in [0.05, 0.1) is 11.7 Å². The quantitative estimate of drug-likeness (QED) is 0.851. The molecular formula is C11H10FNO4. The number of anilines is 1. The van der Waals surface area contributed by atoms with E-state index in [-0.39, 0.29) is 5.69 Å². The fraction of sp³-hybridized carbons (Fsp3) is 0.273. The van der Waals surface area contributed by atoms with E-state index in [1.165, 1.54) is 25.1 Å². The van der Waals surface area contributed by atoms with Gasteiger partial charge < -0.3 is 9.84 Å². The van der Waals surface area contributed by atoms with Crippen LogP contribution in [0.25, 0.3) is 0 Å². The summed E-state index contributed by atoms with van der Waals surface area (Å²) in [4.78, 5) is 23.4. The number of carbonyl (C=O) groups is 2. The van der Waals surface area contributed by atoms with Gasteiger partial charge in [0.15, 0.2) is 0 Å². The molecule has 1 heterocycles. The molecule has 5 nitrogen and oxygen atoms in total. The Morgan fingerprint density at radius 1 is 1.47 bits per heavy atom. The number of hydrogen-bond acceptors (Lipinski definition) is 3. The van der Waals surface area contributed by atoms with Gasteiger partial charge in [-0.05, 0) is 19.1 Å². The molecule has 1 amide bonds. The lowest BCUT2D eigenvalue weighted by Crippen LogP contribution is -2.37. The fourth-order valence-electron chi connectivity index (χ4n) is 1.79. The Kier molecular flexibility index (Phi) is 2.71. The largest absolute Gasteiger partial charge is 0.478 e. The predicted octanol–water partition coefficient (Wildman–Crippen LogP) is 1.62. The van der Waals surface area contributed by atoms with Crippen LogP contribution in [0, 0.1) is 5.82 Å². The van der Waals surface area contributed by atoms with E-state index in [0.717, 1.165) is 4.90 Å². The first-order valence-corrected chi connectivity index (χ1v) is 4.99. The van der Waals surface area contributed by atoms with Crippen LogP contribution in [0.1, 0.15) is 6.92 Å². The molecule has 1 aliphatic rings. The van der Waals surface area contributed by atoms with Crippen molar-refractivity contribution in [3.8, 4) is 0 Å². The molecule has 1 N–H and O–H groups in total. The van der Waals surface area contributed by atoms with Gasteiger partial charge in [-0.15, -0.1) is 0 Å². The topological polar surface area (TPSA) is 66.8 Å². The normalized spacial score (nSPS) is 23.6. The van der Waals surface area contributed by atoms with Gasteiger partial charge in [-0.25, -0.2) is 14.0 Å². The Labute approximate surface area is 96.4 Å². The zero-order valence-corrected chi connectivity index (χ0v) is 8.96. The van der Waals surface area contributed by atoms with Gasteiger partial charge in [-0.3, -0.25) is 4.90 Å². The minimum absolute atomic E-state index is 0.0220. The number of cyclic esters (lactones) is 1. The second-order valence-electron chi connectivity index (χ2n) is 3.70. The van der Waals surface area contributed by atoms with Gasteiger partial charge in [0.2, 0.25) is 6.10 Å². The highest BCUT2D eigenvalue weighted by molar-refractivity contribution is 5.95. The van der Waals surface area contributed by atoms with E-state index in [4.69, 9.17) is 5.11 Å². The van der Waals surface area contributed by atoms with Gasteiger partial charge in [0, 0.05) is 0 Å². The number of hydrogen-bond donors (Lipinski definition) is 1. The number of carboxylic acid groups (broad SMARTS) is 1. The summed E-state index contributed by atoms with van der Waals surface area (Å²) in [5.74, 6) is -1.84. The molecule has 0 aliphatic carbocycles. The maximum Gasteiger partial charge on any atom is 0.415 e. The van der Waals surface area contributed by atoms with E-state index >= 15 is 0 Å². The zero-order chi connectivity index (χ0) is 12.6. The maximum atomic E-state index is 13.5. The SMILES string of the molecule is CC1C(C(=O)O)OC(=O)N1c1ccccc1F. The average molecular weight is 239 g/mol. The van der Waals surface area contributed by atoms with Crippen molar-refractivity contribution in [1.82, 2.24) is 0 Å². The van der Waals surface area contributed by atoms with Gasteiger partial charge in [0.25, 0.3) is 0 Å². The summed E-state index contributed by atoms with van der Waals surface area (Å²) in [6.07, 6.45) is -2.13. The molecule has 0 aromatic heterocycles. The van der Waals surface area contributed by atoms with Crippen LogP contribution in [-0.2, 0) is 9.53 Å². The van der Waals surface area contributed by atoms with Crippen LogP contribution in [-0.4, -0.2) is 29.3 Å². The summed E-state index contributed by atoms with van der Waals surface area (Å²) < 4.78 is 18.2. The van der Waals surface area contributed by atoms with Crippen molar-refractivity contribution in [3.63, 3.8) is 0 Å². The zero-order valence-electron chi connectivity index (χ0n) is 8.96. The van der Waals surface area contributed by atoms with Crippen LogP contribution in [0.3, 0.4) is 0 Å². The standard InChI is InChI=1S/C11H10FNO4/c1-6-9(10(14)15)17-11(16)13(6)8-5-3-2-4-7(8)12/h2-6,9H,1H3,(H,14,15). The van der Waals surface area contributed by atoms with E-state index in [1.807, 2.05) is 0 Å². The summed E-state index contributed by atoms with van der Waals surface area (Å²) in [6.45, 7) is 1.50. The molecule has 0 spiro atoms. The molecule has 0 saturated carbocycles. The van der Waals surface area contributed by atoms with Crippen molar-refractivity contribution in [2.75, 3.05) is 4.90 Å². The van der Waals surface area contributed by atoms with Crippen molar-refractivity contribution in [3.05, 3.63) is 30.1 Å². The fourth-order valence-corrected chi connectivity index (χ4v) is 1.79. The van der Waals surface area contributed by atoms with Crippen LogP contribution in [0.5, 0.6) is 0 Å². The molecule has 17 heavy (non-hydrogen) atoms. The number of para-hydroxylation sites is 1. The molecule has 0 radical (unpaired) electrons. The first kappa shape index (κ1) is 11.4. The van der Waals surface area contributed by atoms with Crippen LogP contribution >= 0.6 is 0 Å². The van der Waals surface area contributed by atoms with Gasteiger partial charge in [-0.1, -0.05) is 12.1 Å². The molecule has 1 aliphatic heterocycles. The third-order valence-electron chi connectivity index (χ3n) is 2.63. The van der Waals surface area contributed by atoms with Crippen LogP contribution in [0.4, 0.5) is 14.9 Å². The summed E-state index contributed by atoms with van der Waals surface area (Å²) in [6, 6.07) is 4.89. The van der Waals surface area contributed by atoms with Gasteiger partial charge >= 0.3 is 12.1 Å². The third kappa shape index (κ3) is 1.82. The number of halogens is 1. The highest BCUT2D eigenvalue weighted by Gasteiger charge is 2.44. The number of nitrogens with zero attached hydrogens (tertiary/aromatic N) is 1. The molecule has 2 rings (SSSR count). The predicted molar refractivity (Wildman–Crippen MR) is 56.2 cm³/mol. The summed E-state index contributed by atoms with van der Waals surface area (Å²) in [5, 5.41) is 8.84. The lowest BCUT2D eigenvalue weighted by molar-refractivity contribution is -0.145. The minimum Gasteiger partial charge on any atom is -0.478 e. The Morgan fingerprint density at radius 2 is 2.12 bits per heavy atom. The lowest BCUT2D eigenvalue weighted by Gasteiger charge is -2.19. The Morgan fingerprint density at radius 3 is 2.65 bits per heavy atom. The molecule has 0 bridgehead atoms. The second kappa shape index (κ2) is 4.04. The van der Waals surface area contributed by atoms with E-state index in [9.17, 15) is 14.0 Å². The summed E-state index contributed by atoms with van der Waals surface area (Å²) in [5.41, 5.74) is 0.0220. The first-order valence-electron chi connectivity index (χ1n) is 4.99. The number of benzene rings is 1. The summed E-state index contributed by atoms with van der Waals surface area (Å²) in [7, 11) is 0. The molecule has 1 saturated heterocycles. The molecular weight excluding hydrogens is 229 g/mol. The van der Waals surface area contributed by atoms with Crippen LogP contribution in [0.2, 0.25) is 0 Å². The molecule has 90 valence electrons. The van der Waals surface area contributed by atoms with Crippen molar-refractivity contribution < 1.29 is 23.8 Å². The van der Waals surface area contributed by atoms with Gasteiger partial charge in [0.1, 0.15) is 5.82 Å². The van der Waals surface area contributed by atoms with E-state index in [0.29, 0.717) is 0 Å². The number of carboxylic acids is 1. The maximum absolute atomic E-state index is 13.5. The average Bonchev–Trinajstić information content (AvgIpc) is 2.56. The van der Waals surface area contributed by atoms with E-state index < -0.39 is 30.0 Å². The Hall–Kier alpha value is -2.11. The highest BCUT2D eigenvalue weighted by atomic mass is 19.1. The lowest BCUT2D eigenvalue weighted by atomic mass is 10.1. The number of carbonyl (C=O) groups excluding carboxylic acids is 1. The summed E-state index contributed by atoms with van der Waals surface area (Å²) >= 11 is 0. The van der Waals surface area contributed by atoms with Gasteiger partial charge in [-0.2, -0.15) is 0 Å². The second-order valence-corrected chi connectivity index (χ2v) is 3.70. The van der Waals surface area contributed by atoms with Crippen molar-refractivity contribution in [2.45, 2.75) is 19.1 Å². The van der Waals surface area contributed by atoms with Crippen LogP contribution in [0.15, 0.2) is 24.3 Å².